The minimum absolute atomic E-state index is 0.255. The van der Waals surface area contributed by atoms with E-state index in [0.29, 0.717) is 12.8 Å². The molecule has 0 saturated carbocycles. The van der Waals surface area contributed by atoms with Crippen LogP contribution in [0.5, 0.6) is 0 Å². The highest BCUT2D eigenvalue weighted by atomic mass is 32.2. The van der Waals surface area contributed by atoms with Gasteiger partial charge in [-0.3, -0.25) is 4.98 Å². The summed E-state index contributed by atoms with van der Waals surface area (Å²) < 4.78 is 39.2. The fourth-order valence-electron chi connectivity index (χ4n) is 1.42. The molecule has 7 nitrogen and oxygen atoms in total. The van der Waals surface area contributed by atoms with Crippen molar-refractivity contribution in [1.29, 1.82) is 0 Å². The highest BCUT2D eigenvalue weighted by Crippen LogP contribution is 2.10. The van der Waals surface area contributed by atoms with Gasteiger partial charge in [-0.15, -0.1) is 0 Å². The van der Waals surface area contributed by atoms with Gasteiger partial charge in [-0.25, -0.2) is 17.5 Å². The van der Waals surface area contributed by atoms with Crippen LogP contribution in [0.3, 0.4) is 0 Å². The van der Waals surface area contributed by atoms with Crippen molar-refractivity contribution in [2.45, 2.75) is 30.7 Å². The molecule has 1 aromatic rings. The average Bonchev–Trinajstić information content (AvgIpc) is 2.37. The second kappa shape index (κ2) is 6.43. The third-order valence-corrected chi connectivity index (χ3v) is 3.78. The van der Waals surface area contributed by atoms with E-state index in [1.165, 1.54) is 0 Å². The number of nitrogens with zero attached hydrogens (tertiary/aromatic N) is 2. The normalized spacial score (nSPS) is 14.3. The number of oxime groups is 1. The number of nitrogens with two attached hydrogens (primary N) is 1. The predicted molar refractivity (Wildman–Crippen MR) is 66.6 cm³/mol. The first kappa shape index (κ1) is 15.3. The van der Waals surface area contributed by atoms with E-state index in [4.69, 9.17) is 10.9 Å². The van der Waals surface area contributed by atoms with Gasteiger partial charge < -0.3 is 10.9 Å². The van der Waals surface area contributed by atoms with E-state index in [9.17, 15) is 12.8 Å². The van der Waals surface area contributed by atoms with Crippen LogP contribution in [-0.2, 0) is 10.0 Å². The molecule has 1 unspecified atom stereocenters. The highest BCUT2D eigenvalue weighted by molar-refractivity contribution is 7.89. The van der Waals surface area contributed by atoms with Crippen LogP contribution in [0.2, 0.25) is 0 Å². The number of rotatable bonds is 6. The van der Waals surface area contributed by atoms with Crippen molar-refractivity contribution >= 4 is 15.9 Å². The lowest BCUT2D eigenvalue weighted by Crippen LogP contribution is -2.44. The molecular weight excluding hydrogens is 275 g/mol. The Balaban J connectivity index is 3.00. The van der Waals surface area contributed by atoms with Crippen molar-refractivity contribution in [3.8, 4) is 0 Å². The van der Waals surface area contributed by atoms with Crippen LogP contribution in [-0.4, -0.2) is 30.5 Å². The van der Waals surface area contributed by atoms with E-state index in [-0.39, 0.29) is 10.7 Å². The minimum Gasteiger partial charge on any atom is -0.409 e. The van der Waals surface area contributed by atoms with Crippen LogP contribution in [0, 0.1) is 5.82 Å². The maximum atomic E-state index is 13.0. The fourth-order valence-corrected chi connectivity index (χ4v) is 2.64. The number of hydrogen-bond donors (Lipinski definition) is 3. The molecule has 0 amide bonds. The summed E-state index contributed by atoms with van der Waals surface area (Å²) in [5, 5.41) is 11.4. The van der Waals surface area contributed by atoms with Crippen LogP contribution >= 0.6 is 0 Å². The molecule has 106 valence electrons. The van der Waals surface area contributed by atoms with Crippen LogP contribution in [0.1, 0.15) is 19.8 Å². The van der Waals surface area contributed by atoms with E-state index in [1.807, 2.05) is 6.92 Å². The largest absolute Gasteiger partial charge is 0.409 e. The van der Waals surface area contributed by atoms with Gasteiger partial charge >= 0.3 is 0 Å². The van der Waals surface area contributed by atoms with E-state index >= 15 is 0 Å². The van der Waals surface area contributed by atoms with Crippen molar-refractivity contribution in [2.24, 2.45) is 10.9 Å². The zero-order valence-corrected chi connectivity index (χ0v) is 11.1. The first-order valence-electron chi connectivity index (χ1n) is 5.51. The summed E-state index contributed by atoms with van der Waals surface area (Å²) in [7, 11) is -3.98. The number of aromatic nitrogens is 1. The lowest BCUT2D eigenvalue weighted by atomic mass is 10.2. The summed E-state index contributed by atoms with van der Waals surface area (Å²) >= 11 is 0. The molecule has 4 N–H and O–H groups in total. The number of pyridine rings is 1. The van der Waals surface area contributed by atoms with Gasteiger partial charge in [-0.2, -0.15) is 0 Å². The van der Waals surface area contributed by atoms with Crippen LogP contribution in [0.4, 0.5) is 4.39 Å². The van der Waals surface area contributed by atoms with Gasteiger partial charge in [0, 0.05) is 6.20 Å². The molecule has 1 rings (SSSR count). The number of halogens is 1. The van der Waals surface area contributed by atoms with E-state index in [1.54, 1.807) is 0 Å². The van der Waals surface area contributed by atoms with Crippen LogP contribution < -0.4 is 10.5 Å². The summed E-state index contributed by atoms with van der Waals surface area (Å²) in [4.78, 5) is 3.14. The first-order chi connectivity index (χ1) is 8.90. The van der Waals surface area contributed by atoms with Crippen molar-refractivity contribution in [3.63, 3.8) is 0 Å². The maximum absolute atomic E-state index is 13.0. The van der Waals surface area contributed by atoms with Gasteiger partial charge in [0.1, 0.15) is 10.7 Å². The molecule has 1 heterocycles. The van der Waals surface area contributed by atoms with E-state index < -0.39 is 21.9 Å². The average molecular weight is 290 g/mol. The molecule has 0 fully saturated rings. The highest BCUT2D eigenvalue weighted by Gasteiger charge is 2.23. The molecular formula is C10H15FN4O3S. The summed E-state index contributed by atoms with van der Waals surface area (Å²) in [6.45, 7) is 1.82. The number of nitrogens with one attached hydrogen (secondary N) is 1. The quantitative estimate of drug-likeness (QED) is 0.303. The standard InChI is InChI=1S/C10H15FN4O3S/c1-2-3-9(10(12)14-16)15-19(17,18)8-4-7(11)5-13-6-8/h4-6,9,15-16H,2-3H2,1H3,(H2,12,14). The third-order valence-electron chi connectivity index (χ3n) is 2.34. The van der Waals surface area contributed by atoms with Gasteiger partial charge in [0.15, 0.2) is 5.84 Å². The lowest BCUT2D eigenvalue weighted by Gasteiger charge is -2.16. The summed E-state index contributed by atoms with van der Waals surface area (Å²) in [5.74, 6) is -1.02. The first-order valence-corrected chi connectivity index (χ1v) is 6.99. The molecule has 0 aliphatic rings. The van der Waals surface area contributed by atoms with Gasteiger partial charge in [-0.1, -0.05) is 18.5 Å². The van der Waals surface area contributed by atoms with Crippen molar-refractivity contribution in [1.82, 2.24) is 9.71 Å². The Morgan fingerprint density at radius 3 is 2.84 bits per heavy atom. The van der Waals surface area contributed by atoms with E-state index in [0.717, 1.165) is 18.5 Å². The lowest BCUT2D eigenvalue weighted by molar-refractivity contribution is 0.315. The number of amidine groups is 1. The number of hydrogen-bond acceptors (Lipinski definition) is 5. The van der Waals surface area contributed by atoms with Gasteiger partial charge in [0.25, 0.3) is 0 Å². The molecule has 19 heavy (non-hydrogen) atoms. The molecule has 0 radical (unpaired) electrons. The molecule has 0 saturated heterocycles. The second-order valence-corrected chi connectivity index (χ2v) is 5.54. The summed E-state index contributed by atoms with van der Waals surface area (Å²) in [5.41, 5.74) is 5.40. The Hall–Kier alpha value is -1.74. The number of sulfonamides is 1. The Bertz CT molecular complexity index is 562. The van der Waals surface area contributed by atoms with E-state index in [2.05, 4.69) is 14.9 Å². The fraction of sp³-hybridized carbons (Fsp3) is 0.400. The molecule has 1 atom stereocenters. The molecule has 9 heteroatoms. The molecule has 0 aliphatic heterocycles. The van der Waals surface area contributed by atoms with Crippen LogP contribution in [0.15, 0.2) is 28.5 Å². The Morgan fingerprint density at radius 2 is 2.32 bits per heavy atom. The molecule has 0 aliphatic carbocycles. The minimum atomic E-state index is -3.98. The summed E-state index contributed by atoms with van der Waals surface area (Å²) in [6.07, 6.45) is 2.87. The Labute approximate surface area is 110 Å². The van der Waals surface area contributed by atoms with Gasteiger partial charge in [0.2, 0.25) is 10.0 Å². The topological polar surface area (TPSA) is 118 Å². The third kappa shape index (κ3) is 4.14. The molecule has 0 spiro atoms. The monoisotopic (exact) mass is 290 g/mol. The summed E-state index contributed by atoms with van der Waals surface area (Å²) in [6, 6.07) is -0.0202. The molecule has 1 aromatic heterocycles. The van der Waals surface area contributed by atoms with Crippen molar-refractivity contribution in [2.75, 3.05) is 0 Å². The molecule has 0 bridgehead atoms. The predicted octanol–water partition coefficient (Wildman–Crippen LogP) is 0.414. The zero-order chi connectivity index (χ0) is 14.5. The molecule has 0 aromatic carbocycles. The smallest absolute Gasteiger partial charge is 0.242 e. The van der Waals surface area contributed by atoms with Gasteiger partial charge in [0.05, 0.1) is 12.2 Å². The van der Waals surface area contributed by atoms with Crippen molar-refractivity contribution < 1.29 is 18.0 Å². The zero-order valence-electron chi connectivity index (χ0n) is 10.2. The van der Waals surface area contributed by atoms with Crippen molar-refractivity contribution in [3.05, 3.63) is 24.3 Å². The van der Waals surface area contributed by atoms with Crippen LogP contribution in [0.25, 0.3) is 0 Å². The Kier molecular flexibility index (Phi) is 5.19. The second-order valence-electron chi connectivity index (χ2n) is 3.83. The van der Waals surface area contributed by atoms with Gasteiger partial charge in [-0.05, 0) is 12.5 Å². The SMILES string of the molecule is CCCC(NS(=O)(=O)c1cncc(F)c1)C(N)=NO. The maximum Gasteiger partial charge on any atom is 0.242 e. The Morgan fingerprint density at radius 1 is 1.63 bits per heavy atom.